The zero-order chi connectivity index (χ0) is 26.5. The smallest absolute Gasteiger partial charge is 0.164 e. The van der Waals surface area contributed by atoms with E-state index in [0.717, 1.165) is 32.8 Å². The van der Waals surface area contributed by atoms with Gasteiger partial charge in [0.15, 0.2) is 17.5 Å². The molecule has 7 aromatic carbocycles. The topological polar surface area (TPSA) is 38.7 Å². The van der Waals surface area contributed by atoms with Crippen LogP contribution in [0.15, 0.2) is 140 Å². The number of aromatic nitrogens is 3. The number of fused-ring (bicyclic) bond motifs is 6. The van der Waals surface area contributed by atoms with Crippen molar-refractivity contribution in [1.29, 1.82) is 0 Å². The summed E-state index contributed by atoms with van der Waals surface area (Å²) < 4.78 is 0. The van der Waals surface area contributed by atoms with E-state index in [0.29, 0.717) is 17.5 Å². The molecule has 3 nitrogen and oxygen atoms in total. The Hall–Kier alpha value is -5.41. The molecular formula is C37H23N3. The van der Waals surface area contributed by atoms with Crippen LogP contribution in [0, 0.1) is 0 Å². The molecule has 0 aliphatic heterocycles. The molecule has 0 atom stereocenters. The Balaban J connectivity index is 1.42. The molecule has 1 heterocycles. The minimum absolute atomic E-state index is 0.663. The molecule has 0 bridgehead atoms. The number of rotatable bonds is 3. The normalized spacial score (nSPS) is 11.5. The number of nitrogens with zero attached hydrogens (tertiary/aromatic N) is 3. The highest BCUT2D eigenvalue weighted by Gasteiger charge is 2.16. The Labute approximate surface area is 231 Å². The van der Waals surface area contributed by atoms with E-state index >= 15 is 0 Å². The van der Waals surface area contributed by atoms with Gasteiger partial charge in [-0.15, -0.1) is 0 Å². The van der Waals surface area contributed by atoms with Crippen LogP contribution in [0.3, 0.4) is 0 Å². The zero-order valence-electron chi connectivity index (χ0n) is 21.6. The second-order valence-corrected chi connectivity index (χ2v) is 10.1. The molecular weight excluding hydrogens is 486 g/mol. The molecule has 0 saturated heterocycles. The summed E-state index contributed by atoms with van der Waals surface area (Å²) in [6, 6.07) is 48.7. The van der Waals surface area contributed by atoms with Crippen molar-refractivity contribution >= 4 is 43.1 Å². The van der Waals surface area contributed by atoms with Gasteiger partial charge >= 0.3 is 0 Å². The summed E-state index contributed by atoms with van der Waals surface area (Å²) >= 11 is 0. The largest absolute Gasteiger partial charge is 0.208 e. The summed E-state index contributed by atoms with van der Waals surface area (Å²) in [4.78, 5) is 15.1. The molecule has 8 rings (SSSR count). The molecule has 40 heavy (non-hydrogen) atoms. The fraction of sp³-hybridized carbons (Fsp3) is 0. The first-order chi connectivity index (χ1) is 19.8. The van der Waals surface area contributed by atoms with Crippen LogP contribution < -0.4 is 0 Å². The Kier molecular flexibility index (Phi) is 5.14. The van der Waals surface area contributed by atoms with Gasteiger partial charge in [-0.25, -0.2) is 15.0 Å². The summed E-state index contributed by atoms with van der Waals surface area (Å²) in [5.74, 6) is 2.00. The number of benzene rings is 7. The number of hydrogen-bond donors (Lipinski definition) is 0. The second-order valence-electron chi connectivity index (χ2n) is 10.1. The zero-order valence-corrected chi connectivity index (χ0v) is 21.6. The van der Waals surface area contributed by atoms with Crippen molar-refractivity contribution < 1.29 is 0 Å². The minimum Gasteiger partial charge on any atom is -0.208 e. The van der Waals surface area contributed by atoms with E-state index in [4.69, 9.17) is 15.0 Å². The van der Waals surface area contributed by atoms with Crippen molar-refractivity contribution in [3.05, 3.63) is 140 Å². The second kappa shape index (κ2) is 9.11. The van der Waals surface area contributed by atoms with Crippen molar-refractivity contribution in [2.75, 3.05) is 0 Å². The van der Waals surface area contributed by atoms with Crippen molar-refractivity contribution in [1.82, 2.24) is 15.0 Å². The summed E-state index contributed by atoms with van der Waals surface area (Å²) in [5.41, 5.74) is 2.93. The molecule has 0 aliphatic carbocycles. The van der Waals surface area contributed by atoms with Gasteiger partial charge in [-0.3, -0.25) is 0 Å². The minimum atomic E-state index is 0.663. The third kappa shape index (κ3) is 3.71. The summed E-state index contributed by atoms with van der Waals surface area (Å²) in [5, 5.41) is 9.56. The fourth-order valence-corrected chi connectivity index (χ4v) is 5.73. The van der Waals surface area contributed by atoms with Gasteiger partial charge in [-0.1, -0.05) is 133 Å². The first kappa shape index (κ1) is 22.6. The Morgan fingerprint density at radius 3 is 1.82 bits per heavy atom. The first-order valence-corrected chi connectivity index (χ1v) is 13.5. The van der Waals surface area contributed by atoms with Gasteiger partial charge in [0, 0.05) is 22.1 Å². The van der Waals surface area contributed by atoms with E-state index in [1.165, 1.54) is 26.9 Å². The highest BCUT2D eigenvalue weighted by molar-refractivity contribution is 6.20. The molecule has 0 spiro atoms. The Morgan fingerprint density at radius 2 is 0.950 bits per heavy atom. The van der Waals surface area contributed by atoms with E-state index < -0.39 is 0 Å². The fourth-order valence-electron chi connectivity index (χ4n) is 5.73. The van der Waals surface area contributed by atoms with Crippen LogP contribution in [-0.2, 0) is 0 Å². The maximum absolute atomic E-state index is 5.10. The molecule has 1 aromatic heterocycles. The van der Waals surface area contributed by atoms with E-state index in [9.17, 15) is 0 Å². The maximum Gasteiger partial charge on any atom is 0.164 e. The van der Waals surface area contributed by atoms with Gasteiger partial charge in [0.05, 0.1) is 0 Å². The lowest BCUT2D eigenvalue weighted by molar-refractivity contribution is 1.08. The average molecular weight is 510 g/mol. The molecule has 0 N–H and O–H groups in total. The highest BCUT2D eigenvalue weighted by atomic mass is 15.0. The first-order valence-electron chi connectivity index (χ1n) is 13.5. The van der Waals surface area contributed by atoms with E-state index in [1.807, 2.05) is 30.3 Å². The van der Waals surface area contributed by atoms with Crippen LogP contribution in [0.4, 0.5) is 0 Å². The lowest BCUT2D eigenvalue weighted by atomic mass is 9.94. The molecule has 0 aliphatic rings. The Morgan fingerprint density at radius 1 is 0.325 bits per heavy atom. The van der Waals surface area contributed by atoms with Gasteiger partial charge in [0.1, 0.15) is 0 Å². The predicted octanol–water partition coefficient (Wildman–Crippen LogP) is 9.49. The quantitative estimate of drug-likeness (QED) is 0.223. The Bertz CT molecular complexity index is 2220. The third-order valence-electron chi connectivity index (χ3n) is 7.68. The van der Waals surface area contributed by atoms with E-state index in [1.54, 1.807) is 0 Å². The van der Waals surface area contributed by atoms with Crippen molar-refractivity contribution in [3.63, 3.8) is 0 Å². The SMILES string of the molecule is c1ccc(-c2nc(-c3ccc4ccccc4c3)nc(-c3cccc4ccc5c6ccccc6ccc5c34)n2)cc1. The summed E-state index contributed by atoms with van der Waals surface area (Å²) in [6.45, 7) is 0. The molecule has 0 unspecified atom stereocenters. The molecule has 186 valence electrons. The van der Waals surface area contributed by atoms with Crippen molar-refractivity contribution in [2.24, 2.45) is 0 Å². The van der Waals surface area contributed by atoms with E-state index in [2.05, 4.69) is 109 Å². The molecule has 3 heteroatoms. The lowest BCUT2D eigenvalue weighted by Gasteiger charge is -2.13. The van der Waals surface area contributed by atoms with Crippen LogP contribution in [-0.4, -0.2) is 15.0 Å². The molecule has 0 amide bonds. The molecule has 8 aromatic rings. The van der Waals surface area contributed by atoms with Gasteiger partial charge in [-0.2, -0.15) is 0 Å². The van der Waals surface area contributed by atoms with Crippen LogP contribution >= 0.6 is 0 Å². The van der Waals surface area contributed by atoms with Crippen LogP contribution in [0.5, 0.6) is 0 Å². The van der Waals surface area contributed by atoms with Crippen LogP contribution in [0.2, 0.25) is 0 Å². The summed E-state index contributed by atoms with van der Waals surface area (Å²) in [7, 11) is 0. The maximum atomic E-state index is 5.10. The average Bonchev–Trinajstić information content (AvgIpc) is 3.04. The highest BCUT2D eigenvalue weighted by Crippen LogP contribution is 2.37. The number of hydrogen-bond acceptors (Lipinski definition) is 3. The van der Waals surface area contributed by atoms with Gasteiger partial charge in [0.25, 0.3) is 0 Å². The molecule has 0 saturated carbocycles. The third-order valence-corrected chi connectivity index (χ3v) is 7.68. The van der Waals surface area contributed by atoms with Crippen molar-refractivity contribution in [3.8, 4) is 34.2 Å². The van der Waals surface area contributed by atoms with Gasteiger partial charge in [0.2, 0.25) is 0 Å². The van der Waals surface area contributed by atoms with Crippen molar-refractivity contribution in [2.45, 2.75) is 0 Å². The van der Waals surface area contributed by atoms with Gasteiger partial charge in [-0.05, 0) is 43.8 Å². The van der Waals surface area contributed by atoms with Crippen LogP contribution in [0.25, 0.3) is 77.3 Å². The van der Waals surface area contributed by atoms with E-state index in [-0.39, 0.29) is 0 Å². The lowest BCUT2D eigenvalue weighted by Crippen LogP contribution is -2.00. The molecule has 0 fully saturated rings. The predicted molar refractivity (Wildman–Crippen MR) is 166 cm³/mol. The molecule has 0 radical (unpaired) electrons. The van der Waals surface area contributed by atoms with Crippen LogP contribution in [0.1, 0.15) is 0 Å². The standard InChI is InChI=1S/C37H23N3/c1-2-11-27(12-3-1)35-38-36(29-18-17-24-9-4-5-13-28(24)23-29)40-37(39-35)33-16-8-14-26-20-21-31-30-15-7-6-10-25(30)19-22-32(31)34(26)33/h1-23H. The van der Waals surface area contributed by atoms with Gasteiger partial charge < -0.3 is 0 Å². The summed E-state index contributed by atoms with van der Waals surface area (Å²) in [6.07, 6.45) is 0. The monoisotopic (exact) mass is 509 g/mol.